The predicted molar refractivity (Wildman–Crippen MR) is 72.2 cm³/mol. The molecule has 2 nitrogen and oxygen atoms in total. The zero-order valence-corrected chi connectivity index (χ0v) is 11.8. The Kier molecular flexibility index (Phi) is 6.46. The Labute approximate surface area is 114 Å². The quantitative estimate of drug-likeness (QED) is 0.814. The monoisotopic (exact) mass is 319 g/mol. The minimum absolute atomic E-state index is 0.0477. The first-order valence-corrected chi connectivity index (χ1v) is 6.41. The molecule has 0 saturated heterocycles. The number of benzene rings is 1. The summed E-state index contributed by atoms with van der Waals surface area (Å²) in [4.78, 5) is 0. The van der Waals surface area contributed by atoms with Crippen molar-refractivity contribution >= 4 is 22.0 Å². The van der Waals surface area contributed by atoms with Gasteiger partial charge in [-0.25, -0.2) is 8.78 Å². The summed E-state index contributed by atoms with van der Waals surface area (Å²) in [6.45, 7) is 0.871. The van der Waals surface area contributed by atoms with Crippen molar-refractivity contribution in [1.29, 1.82) is 0 Å². The Hall–Kier alpha value is -0.780. The van der Waals surface area contributed by atoms with Gasteiger partial charge in [0.25, 0.3) is 0 Å². The van der Waals surface area contributed by atoms with Crippen LogP contribution in [0.5, 0.6) is 0 Å². The van der Waals surface area contributed by atoms with Crippen LogP contribution in [0.2, 0.25) is 0 Å². The van der Waals surface area contributed by atoms with Gasteiger partial charge in [0, 0.05) is 12.7 Å². The molecule has 0 bridgehead atoms. The van der Waals surface area contributed by atoms with Gasteiger partial charge in [-0.3, -0.25) is 0 Å². The zero-order chi connectivity index (χ0) is 13.5. The van der Waals surface area contributed by atoms with E-state index in [0.29, 0.717) is 19.6 Å². The van der Waals surface area contributed by atoms with E-state index in [2.05, 4.69) is 15.9 Å². The SMILES string of the molecule is COC/C(=C/c1c(F)ccc(Br)c1F)CCCN. The molecule has 1 aromatic rings. The van der Waals surface area contributed by atoms with Crippen LogP contribution in [0.25, 0.3) is 6.08 Å². The third-order valence-electron chi connectivity index (χ3n) is 2.46. The van der Waals surface area contributed by atoms with Gasteiger partial charge in [0.2, 0.25) is 0 Å². The van der Waals surface area contributed by atoms with Crippen LogP contribution in [0.15, 0.2) is 22.2 Å². The van der Waals surface area contributed by atoms with E-state index in [1.54, 1.807) is 7.11 Å². The molecule has 0 aliphatic carbocycles. The summed E-state index contributed by atoms with van der Waals surface area (Å²) in [5.41, 5.74) is 6.20. The number of rotatable bonds is 6. The highest BCUT2D eigenvalue weighted by atomic mass is 79.9. The molecule has 0 aromatic heterocycles. The Morgan fingerprint density at radius 2 is 2.17 bits per heavy atom. The standard InChI is InChI=1S/C13H16BrF2NO/c1-18-8-9(3-2-6-17)7-10-12(15)5-4-11(14)13(10)16/h4-5,7H,2-3,6,8,17H2,1H3/b9-7+. The number of hydrogen-bond donors (Lipinski definition) is 1. The fourth-order valence-electron chi connectivity index (χ4n) is 1.58. The third kappa shape index (κ3) is 4.15. The molecule has 0 saturated carbocycles. The Morgan fingerprint density at radius 3 is 2.78 bits per heavy atom. The molecule has 0 radical (unpaired) electrons. The molecule has 1 rings (SSSR count). The first kappa shape index (κ1) is 15.3. The number of nitrogens with two attached hydrogens (primary N) is 1. The van der Waals surface area contributed by atoms with Crippen LogP contribution in [-0.2, 0) is 4.74 Å². The molecule has 0 aliphatic rings. The van der Waals surface area contributed by atoms with Gasteiger partial charge in [0.15, 0.2) is 0 Å². The van der Waals surface area contributed by atoms with Gasteiger partial charge in [-0.1, -0.05) is 0 Å². The Bertz CT molecular complexity index is 435. The van der Waals surface area contributed by atoms with Crippen LogP contribution in [0.1, 0.15) is 18.4 Å². The van der Waals surface area contributed by atoms with Gasteiger partial charge >= 0.3 is 0 Å². The average molecular weight is 320 g/mol. The molecule has 0 amide bonds. The van der Waals surface area contributed by atoms with Gasteiger partial charge in [-0.2, -0.15) is 0 Å². The van der Waals surface area contributed by atoms with Crippen LogP contribution < -0.4 is 5.73 Å². The number of halogens is 3. The molecule has 0 fully saturated rings. The van der Waals surface area contributed by atoms with E-state index in [9.17, 15) is 8.78 Å². The second-order valence-electron chi connectivity index (χ2n) is 3.88. The van der Waals surface area contributed by atoms with E-state index in [1.807, 2.05) is 0 Å². The number of ether oxygens (including phenoxy) is 1. The minimum atomic E-state index is -0.601. The summed E-state index contributed by atoms with van der Waals surface area (Å²) < 4.78 is 32.6. The molecular formula is C13H16BrF2NO. The summed E-state index contributed by atoms with van der Waals surface area (Å²) >= 11 is 3.04. The fraction of sp³-hybridized carbons (Fsp3) is 0.385. The van der Waals surface area contributed by atoms with E-state index in [-0.39, 0.29) is 10.0 Å². The van der Waals surface area contributed by atoms with Crippen molar-refractivity contribution in [2.24, 2.45) is 5.73 Å². The molecular weight excluding hydrogens is 304 g/mol. The lowest BCUT2D eigenvalue weighted by atomic mass is 10.1. The topological polar surface area (TPSA) is 35.2 Å². The highest BCUT2D eigenvalue weighted by molar-refractivity contribution is 9.10. The molecule has 0 heterocycles. The van der Waals surface area contributed by atoms with E-state index in [4.69, 9.17) is 10.5 Å². The summed E-state index contributed by atoms with van der Waals surface area (Å²) in [7, 11) is 1.55. The highest BCUT2D eigenvalue weighted by Gasteiger charge is 2.11. The van der Waals surface area contributed by atoms with Crippen molar-refractivity contribution in [3.63, 3.8) is 0 Å². The summed E-state index contributed by atoms with van der Waals surface area (Å²) in [5.74, 6) is -1.19. The normalized spacial score (nSPS) is 11.9. The average Bonchev–Trinajstić information content (AvgIpc) is 2.36. The maximum absolute atomic E-state index is 13.8. The molecule has 0 aliphatic heterocycles. The molecule has 5 heteroatoms. The van der Waals surface area contributed by atoms with Gasteiger partial charge < -0.3 is 10.5 Å². The first-order chi connectivity index (χ1) is 8.60. The summed E-state index contributed by atoms with van der Waals surface area (Å²) in [6, 6.07) is 2.57. The predicted octanol–water partition coefficient (Wildman–Crippen LogP) is 3.50. The lowest BCUT2D eigenvalue weighted by Crippen LogP contribution is -2.02. The minimum Gasteiger partial charge on any atom is -0.380 e. The van der Waals surface area contributed by atoms with Crippen LogP contribution in [0.4, 0.5) is 8.78 Å². The van der Waals surface area contributed by atoms with Crippen LogP contribution in [0.3, 0.4) is 0 Å². The molecule has 0 atom stereocenters. The third-order valence-corrected chi connectivity index (χ3v) is 3.07. The molecule has 0 spiro atoms. The molecule has 1 aromatic carbocycles. The van der Waals surface area contributed by atoms with Crippen LogP contribution in [0, 0.1) is 11.6 Å². The van der Waals surface area contributed by atoms with Gasteiger partial charge in [-0.15, -0.1) is 0 Å². The lowest BCUT2D eigenvalue weighted by molar-refractivity contribution is 0.223. The van der Waals surface area contributed by atoms with Crippen molar-refractivity contribution in [2.45, 2.75) is 12.8 Å². The van der Waals surface area contributed by atoms with Crippen molar-refractivity contribution in [3.8, 4) is 0 Å². The molecule has 18 heavy (non-hydrogen) atoms. The van der Waals surface area contributed by atoms with Crippen LogP contribution in [-0.4, -0.2) is 20.3 Å². The van der Waals surface area contributed by atoms with E-state index < -0.39 is 11.6 Å². The first-order valence-electron chi connectivity index (χ1n) is 5.62. The molecule has 2 N–H and O–H groups in total. The van der Waals surface area contributed by atoms with Crippen molar-refractivity contribution in [2.75, 3.05) is 20.3 Å². The van der Waals surface area contributed by atoms with E-state index >= 15 is 0 Å². The van der Waals surface area contributed by atoms with Crippen LogP contribution >= 0.6 is 15.9 Å². The van der Waals surface area contributed by atoms with E-state index in [0.717, 1.165) is 12.0 Å². The van der Waals surface area contributed by atoms with Gasteiger partial charge in [0.1, 0.15) is 11.6 Å². The van der Waals surface area contributed by atoms with Gasteiger partial charge in [-0.05, 0) is 59.1 Å². The highest BCUT2D eigenvalue weighted by Crippen LogP contribution is 2.24. The summed E-state index contributed by atoms with van der Waals surface area (Å²) in [6.07, 6.45) is 2.91. The van der Waals surface area contributed by atoms with Crippen molar-refractivity contribution < 1.29 is 13.5 Å². The Balaban J connectivity index is 3.06. The smallest absolute Gasteiger partial charge is 0.147 e. The maximum Gasteiger partial charge on any atom is 0.147 e. The Morgan fingerprint density at radius 1 is 1.44 bits per heavy atom. The van der Waals surface area contributed by atoms with Crippen molar-refractivity contribution in [1.82, 2.24) is 0 Å². The second kappa shape index (κ2) is 7.61. The zero-order valence-electron chi connectivity index (χ0n) is 10.2. The van der Waals surface area contributed by atoms with Gasteiger partial charge in [0.05, 0.1) is 11.1 Å². The molecule has 100 valence electrons. The second-order valence-corrected chi connectivity index (χ2v) is 4.74. The largest absolute Gasteiger partial charge is 0.380 e. The fourth-order valence-corrected chi connectivity index (χ4v) is 1.93. The number of hydrogen-bond acceptors (Lipinski definition) is 2. The molecule has 0 unspecified atom stereocenters. The van der Waals surface area contributed by atoms with Crippen molar-refractivity contribution in [3.05, 3.63) is 39.4 Å². The number of methoxy groups -OCH3 is 1. The summed E-state index contributed by atoms with van der Waals surface area (Å²) in [5, 5.41) is 0. The maximum atomic E-state index is 13.8. The van der Waals surface area contributed by atoms with E-state index in [1.165, 1.54) is 18.2 Å². The lowest BCUT2D eigenvalue weighted by Gasteiger charge is -2.08.